The molecule has 1 saturated carbocycles. The van der Waals surface area contributed by atoms with Gasteiger partial charge in [-0.25, -0.2) is 0 Å². The SMILES string of the molecule is COCCC(C)NC(=O)C1CC(C)CCC1N. The number of carbonyl (C=O) groups is 1. The first-order chi connectivity index (χ1) is 8.04. The predicted octanol–water partition coefficient (Wildman–Crippen LogP) is 1.29. The van der Waals surface area contributed by atoms with Crippen molar-refractivity contribution in [2.45, 2.75) is 51.6 Å². The van der Waals surface area contributed by atoms with Crippen molar-refractivity contribution in [1.29, 1.82) is 0 Å². The van der Waals surface area contributed by atoms with Crippen LogP contribution in [0.2, 0.25) is 0 Å². The zero-order valence-electron chi connectivity index (χ0n) is 11.2. The molecule has 0 aromatic rings. The van der Waals surface area contributed by atoms with Crippen LogP contribution in [-0.2, 0) is 9.53 Å². The highest BCUT2D eigenvalue weighted by atomic mass is 16.5. The Hall–Kier alpha value is -0.610. The van der Waals surface area contributed by atoms with Gasteiger partial charge in [-0.3, -0.25) is 4.79 Å². The smallest absolute Gasteiger partial charge is 0.224 e. The lowest BCUT2D eigenvalue weighted by molar-refractivity contribution is -0.127. The highest BCUT2D eigenvalue weighted by Crippen LogP contribution is 2.28. The Morgan fingerprint density at radius 3 is 2.88 bits per heavy atom. The quantitative estimate of drug-likeness (QED) is 0.763. The van der Waals surface area contributed by atoms with Crippen molar-refractivity contribution in [3.8, 4) is 0 Å². The largest absolute Gasteiger partial charge is 0.385 e. The van der Waals surface area contributed by atoms with Crippen molar-refractivity contribution in [1.82, 2.24) is 5.32 Å². The number of nitrogens with one attached hydrogen (secondary N) is 1. The maximum atomic E-state index is 12.1. The van der Waals surface area contributed by atoms with Gasteiger partial charge < -0.3 is 15.8 Å². The fourth-order valence-corrected chi connectivity index (χ4v) is 2.42. The number of amides is 1. The first kappa shape index (κ1) is 14.5. The summed E-state index contributed by atoms with van der Waals surface area (Å²) in [5.41, 5.74) is 6.03. The monoisotopic (exact) mass is 242 g/mol. The van der Waals surface area contributed by atoms with Crippen molar-refractivity contribution in [3.63, 3.8) is 0 Å². The van der Waals surface area contributed by atoms with E-state index in [1.54, 1.807) is 7.11 Å². The van der Waals surface area contributed by atoms with Gasteiger partial charge in [0.05, 0.1) is 5.92 Å². The molecule has 0 aromatic carbocycles. The van der Waals surface area contributed by atoms with Gasteiger partial charge in [-0.1, -0.05) is 6.92 Å². The van der Waals surface area contributed by atoms with Crippen molar-refractivity contribution in [2.24, 2.45) is 17.6 Å². The number of methoxy groups -OCH3 is 1. The Morgan fingerprint density at radius 1 is 1.53 bits per heavy atom. The van der Waals surface area contributed by atoms with E-state index in [1.807, 2.05) is 6.92 Å². The summed E-state index contributed by atoms with van der Waals surface area (Å²) in [5.74, 6) is 0.719. The second-order valence-electron chi connectivity index (χ2n) is 5.38. The van der Waals surface area contributed by atoms with Gasteiger partial charge in [0.2, 0.25) is 5.91 Å². The third-order valence-corrected chi connectivity index (χ3v) is 3.65. The maximum Gasteiger partial charge on any atom is 0.224 e. The molecule has 1 fully saturated rings. The summed E-state index contributed by atoms with van der Waals surface area (Å²) in [6, 6.07) is 0.188. The Bertz CT molecular complexity index is 246. The number of hydrogen-bond donors (Lipinski definition) is 2. The number of ether oxygens (including phenoxy) is 1. The van der Waals surface area contributed by atoms with E-state index in [0.29, 0.717) is 12.5 Å². The van der Waals surface area contributed by atoms with Gasteiger partial charge in [-0.15, -0.1) is 0 Å². The molecule has 1 rings (SSSR count). The van der Waals surface area contributed by atoms with Gasteiger partial charge in [0, 0.05) is 25.8 Å². The first-order valence-corrected chi connectivity index (χ1v) is 6.59. The second kappa shape index (κ2) is 6.97. The van der Waals surface area contributed by atoms with Crippen LogP contribution in [0.15, 0.2) is 0 Å². The highest BCUT2D eigenvalue weighted by Gasteiger charge is 2.31. The summed E-state index contributed by atoms with van der Waals surface area (Å²) in [7, 11) is 1.67. The minimum Gasteiger partial charge on any atom is -0.385 e. The van der Waals surface area contributed by atoms with E-state index in [1.165, 1.54) is 0 Å². The lowest BCUT2D eigenvalue weighted by Crippen LogP contribution is -2.47. The van der Waals surface area contributed by atoms with E-state index in [4.69, 9.17) is 10.5 Å². The lowest BCUT2D eigenvalue weighted by Gasteiger charge is -2.32. The van der Waals surface area contributed by atoms with Gasteiger partial charge in [0.1, 0.15) is 0 Å². The molecule has 0 aromatic heterocycles. The van der Waals surface area contributed by atoms with Gasteiger partial charge >= 0.3 is 0 Å². The maximum absolute atomic E-state index is 12.1. The van der Waals surface area contributed by atoms with Crippen molar-refractivity contribution in [3.05, 3.63) is 0 Å². The van der Waals surface area contributed by atoms with Crippen LogP contribution >= 0.6 is 0 Å². The Morgan fingerprint density at radius 2 is 2.24 bits per heavy atom. The van der Waals surface area contributed by atoms with Gasteiger partial charge in [-0.2, -0.15) is 0 Å². The van der Waals surface area contributed by atoms with Gasteiger partial charge in [0.15, 0.2) is 0 Å². The Labute approximate surface area is 104 Å². The zero-order valence-corrected chi connectivity index (χ0v) is 11.2. The van der Waals surface area contributed by atoms with Crippen molar-refractivity contribution in [2.75, 3.05) is 13.7 Å². The number of carbonyl (C=O) groups excluding carboxylic acids is 1. The molecule has 1 aliphatic rings. The molecule has 0 saturated heterocycles. The summed E-state index contributed by atoms with van der Waals surface area (Å²) >= 11 is 0. The third-order valence-electron chi connectivity index (χ3n) is 3.65. The van der Waals surface area contributed by atoms with Gasteiger partial charge in [0.25, 0.3) is 0 Å². The van der Waals surface area contributed by atoms with Crippen LogP contribution in [0.1, 0.15) is 39.5 Å². The van der Waals surface area contributed by atoms with E-state index in [-0.39, 0.29) is 23.9 Å². The van der Waals surface area contributed by atoms with Crippen LogP contribution in [0.5, 0.6) is 0 Å². The van der Waals surface area contributed by atoms with Crippen LogP contribution in [0, 0.1) is 11.8 Å². The molecule has 0 bridgehead atoms. The number of rotatable bonds is 5. The van der Waals surface area contributed by atoms with E-state index in [0.717, 1.165) is 25.7 Å². The van der Waals surface area contributed by atoms with E-state index in [9.17, 15) is 4.79 Å². The first-order valence-electron chi connectivity index (χ1n) is 6.59. The molecule has 4 atom stereocenters. The summed E-state index contributed by atoms with van der Waals surface area (Å²) in [6.45, 7) is 4.88. The van der Waals surface area contributed by atoms with Crippen LogP contribution in [-0.4, -0.2) is 31.7 Å². The second-order valence-corrected chi connectivity index (χ2v) is 5.38. The van der Waals surface area contributed by atoms with Crippen molar-refractivity contribution < 1.29 is 9.53 Å². The molecular weight excluding hydrogens is 216 g/mol. The molecule has 1 aliphatic carbocycles. The lowest BCUT2D eigenvalue weighted by atomic mass is 9.78. The van der Waals surface area contributed by atoms with E-state index in [2.05, 4.69) is 12.2 Å². The highest BCUT2D eigenvalue weighted by molar-refractivity contribution is 5.79. The minimum atomic E-state index is -0.0104. The van der Waals surface area contributed by atoms with Gasteiger partial charge in [-0.05, 0) is 38.5 Å². The molecule has 17 heavy (non-hydrogen) atoms. The van der Waals surface area contributed by atoms with Crippen molar-refractivity contribution >= 4 is 5.91 Å². The number of nitrogens with two attached hydrogens (primary N) is 1. The van der Waals surface area contributed by atoms with E-state index < -0.39 is 0 Å². The standard InChI is InChI=1S/C13H26N2O2/c1-9-4-5-12(14)11(8-9)13(16)15-10(2)6-7-17-3/h9-12H,4-8,14H2,1-3H3,(H,15,16). The summed E-state index contributed by atoms with van der Waals surface area (Å²) < 4.78 is 5.00. The Balaban J connectivity index is 2.39. The van der Waals surface area contributed by atoms with Crippen LogP contribution in [0.4, 0.5) is 0 Å². The zero-order chi connectivity index (χ0) is 12.8. The van der Waals surface area contributed by atoms with Crippen LogP contribution in [0.3, 0.4) is 0 Å². The Kier molecular flexibility index (Phi) is 5.92. The average Bonchev–Trinajstić information content (AvgIpc) is 2.29. The molecule has 0 radical (unpaired) electrons. The third kappa shape index (κ3) is 4.64. The molecule has 0 aliphatic heterocycles. The minimum absolute atomic E-state index is 0.0104. The fraction of sp³-hybridized carbons (Fsp3) is 0.923. The normalized spacial score (nSPS) is 30.9. The molecule has 0 spiro atoms. The van der Waals surface area contributed by atoms with E-state index >= 15 is 0 Å². The van der Waals surface area contributed by atoms with Crippen LogP contribution in [0.25, 0.3) is 0 Å². The molecular formula is C13H26N2O2. The molecule has 1 amide bonds. The molecule has 100 valence electrons. The predicted molar refractivity (Wildman–Crippen MR) is 68.6 cm³/mol. The molecule has 4 nitrogen and oxygen atoms in total. The average molecular weight is 242 g/mol. The summed E-state index contributed by atoms with van der Waals surface area (Å²) in [6.07, 6.45) is 3.87. The molecule has 3 N–H and O–H groups in total. The topological polar surface area (TPSA) is 64.3 Å². The molecule has 0 heterocycles. The molecule has 4 unspecified atom stereocenters. The molecule has 4 heteroatoms. The number of hydrogen-bond acceptors (Lipinski definition) is 3. The fourth-order valence-electron chi connectivity index (χ4n) is 2.42. The van der Waals surface area contributed by atoms with Crippen LogP contribution < -0.4 is 11.1 Å². The summed E-state index contributed by atoms with van der Waals surface area (Å²) in [4.78, 5) is 12.1. The summed E-state index contributed by atoms with van der Waals surface area (Å²) in [5, 5.41) is 3.04.